The van der Waals surface area contributed by atoms with E-state index in [1.54, 1.807) is 37.4 Å². The SMILES string of the molecule is CN(CC(=O)Nc1ccc(C#N)cc1)CC(=O)Nc1cccc(F)c1. The third-order valence-electron chi connectivity index (χ3n) is 3.23. The summed E-state index contributed by atoms with van der Waals surface area (Å²) in [6, 6.07) is 14.1. The first-order valence-electron chi connectivity index (χ1n) is 7.50. The summed E-state index contributed by atoms with van der Waals surface area (Å²) in [7, 11) is 1.63. The fraction of sp³-hybridized carbons (Fsp3) is 0.167. The molecule has 0 radical (unpaired) electrons. The Kier molecular flexibility index (Phi) is 6.20. The number of rotatable bonds is 6. The third-order valence-corrected chi connectivity index (χ3v) is 3.23. The van der Waals surface area contributed by atoms with Crippen molar-refractivity contribution in [2.45, 2.75) is 0 Å². The van der Waals surface area contributed by atoms with Crippen molar-refractivity contribution in [1.82, 2.24) is 4.90 Å². The van der Waals surface area contributed by atoms with Crippen LogP contribution in [0.4, 0.5) is 15.8 Å². The van der Waals surface area contributed by atoms with Crippen molar-refractivity contribution in [1.29, 1.82) is 5.26 Å². The second-order valence-electron chi connectivity index (χ2n) is 5.47. The molecule has 25 heavy (non-hydrogen) atoms. The van der Waals surface area contributed by atoms with Crippen molar-refractivity contribution in [3.63, 3.8) is 0 Å². The van der Waals surface area contributed by atoms with Crippen molar-refractivity contribution in [3.05, 3.63) is 59.9 Å². The fourth-order valence-corrected chi connectivity index (χ4v) is 2.14. The van der Waals surface area contributed by atoms with Gasteiger partial charge >= 0.3 is 0 Å². The highest BCUT2D eigenvalue weighted by atomic mass is 19.1. The molecule has 0 heterocycles. The van der Waals surface area contributed by atoms with Crippen LogP contribution in [0.15, 0.2) is 48.5 Å². The van der Waals surface area contributed by atoms with Crippen LogP contribution in [0.5, 0.6) is 0 Å². The molecule has 0 bridgehead atoms. The molecule has 7 heteroatoms. The Balaban J connectivity index is 1.80. The third kappa shape index (κ3) is 6.05. The Morgan fingerprint density at radius 3 is 2.20 bits per heavy atom. The first kappa shape index (κ1) is 18.1. The van der Waals surface area contributed by atoms with E-state index >= 15 is 0 Å². The lowest BCUT2D eigenvalue weighted by atomic mass is 10.2. The molecule has 0 unspecified atom stereocenters. The second kappa shape index (κ2) is 8.57. The van der Waals surface area contributed by atoms with E-state index in [0.29, 0.717) is 16.9 Å². The van der Waals surface area contributed by atoms with Gasteiger partial charge in [-0.1, -0.05) is 6.07 Å². The van der Waals surface area contributed by atoms with E-state index in [9.17, 15) is 14.0 Å². The molecule has 0 aliphatic carbocycles. The van der Waals surface area contributed by atoms with Crippen LogP contribution in [0.2, 0.25) is 0 Å². The van der Waals surface area contributed by atoms with Gasteiger partial charge in [0.15, 0.2) is 0 Å². The van der Waals surface area contributed by atoms with Gasteiger partial charge < -0.3 is 10.6 Å². The number of benzene rings is 2. The van der Waals surface area contributed by atoms with Crippen molar-refractivity contribution in [2.24, 2.45) is 0 Å². The molecule has 2 aromatic carbocycles. The monoisotopic (exact) mass is 340 g/mol. The largest absolute Gasteiger partial charge is 0.325 e. The highest BCUT2D eigenvalue weighted by Gasteiger charge is 2.11. The zero-order chi connectivity index (χ0) is 18.2. The van der Waals surface area contributed by atoms with Gasteiger partial charge in [0.1, 0.15) is 5.82 Å². The van der Waals surface area contributed by atoms with Gasteiger partial charge in [-0.05, 0) is 49.5 Å². The summed E-state index contributed by atoms with van der Waals surface area (Å²) < 4.78 is 13.1. The van der Waals surface area contributed by atoms with Gasteiger partial charge in [0.25, 0.3) is 0 Å². The lowest BCUT2D eigenvalue weighted by Crippen LogP contribution is -2.36. The molecule has 2 N–H and O–H groups in total. The van der Waals surface area contributed by atoms with Crippen LogP contribution in [0.25, 0.3) is 0 Å². The number of halogens is 1. The number of nitrogens with zero attached hydrogens (tertiary/aromatic N) is 2. The van der Waals surface area contributed by atoms with E-state index in [4.69, 9.17) is 5.26 Å². The summed E-state index contributed by atoms with van der Waals surface area (Å²) in [6.07, 6.45) is 0. The van der Waals surface area contributed by atoms with Crippen LogP contribution in [-0.2, 0) is 9.59 Å². The molecule has 0 aliphatic rings. The van der Waals surface area contributed by atoms with E-state index in [2.05, 4.69) is 10.6 Å². The van der Waals surface area contributed by atoms with Gasteiger partial charge in [-0.3, -0.25) is 14.5 Å². The van der Waals surface area contributed by atoms with Gasteiger partial charge in [0.05, 0.1) is 24.7 Å². The van der Waals surface area contributed by atoms with Crippen LogP contribution < -0.4 is 10.6 Å². The smallest absolute Gasteiger partial charge is 0.238 e. The summed E-state index contributed by atoms with van der Waals surface area (Å²) >= 11 is 0. The molecule has 6 nitrogen and oxygen atoms in total. The lowest BCUT2D eigenvalue weighted by molar-refractivity contribution is -0.119. The molecule has 0 spiro atoms. The number of nitrogens with one attached hydrogen (secondary N) is 2. The molecule has 128 valence electrons. The molecule has 0 aromatic heterocycles. The minimum atomic E-state index is -0.437. The maximum Gasteiger partial charge on any atom is 0.238 e. The first-order valence-corrected chi connectivity index (χ1v) is 7.50. The Hall–Kier alpha value is -3.24. The summed E-state index contributed by atoms with van der Waals surface area (Å²) in [5.41, 5.74) is 1.44. The lowest BCUT2D eigenvalue weighted by Gasteiger charge is -2.16. The fourth-order valence-electron chi connectivity index (χ4n) is 2.14. The number of carbonyl (C=O) groups excluding carboxylic acids is 2. The highest BCUT2D eigenvalue weighted by molar-refractivity contribution is 5.94. The predicted octanol–water partition coefficient (Wildman–Crippen LogP) is 2.21. The number of likely N-dealkylation sites (N-methyl/N-ethyl adjacent to an activating group) is 1. The molecule has 2 amide bonds. The normalized spacial score (nSPS) is 10.2. The van der Waals surface area contributed by atoms with Gasteiger partial charge in [0.2, 0.25) is 11.8 Å². The van der Waals surface area contributed by atoms with Gasteiger partial charge in [0, 0.05) is 11.4 Å². The molecule has 0 aliphatic heterocycles. The van der Waals surface area contributed by atoms with E-state index in [0.717, 1.165) is 0 Å². The number of nitriles is 1. The summed E-state index contributed by atoms with van der Waals surface area (Å²) in [5.74, 6) is -1.07. The molecule has 0 atom stereocenters. The number of anilines is 2. The number of amides is 2. The summed E-state index contributed by atoms with van der Waals surface area (Å²) in [5, 5.41) is 14.0. The molecular weight excluding hydrogens is 323 g/mol. The average Bonchev–Trinajstić information content (AvgIpc) is 2.55. The van der Waals surface area contributed by atoms with Crippen molar-refractivity contribution >= 4 is 23.2 Å². The Morgan fingerprint density at radius 1 is 1.04 bits per heavy atom. The number of hydrogen-bond donors (Lipinski definition) is 2. The zero-order valence-corrected chi connectivity index (χ0v) is 13.6. The molecule has 0 fully saturated rings. The van der Waals surface area contributed by atoms with Crippen molar-refractivity contribution < 1.29 is 14.0 Å². The van der Waals surface area contributed by atoms with Crippen LogP contribution in [-0.4, -0.2) is 36.9 Å². The van der Waals surface area contributed by atoms with E-state index in [1.807, 2.05) is 6.07 Å². The van der Waals surface area contributed by atoms with Crippen LogP contribution in [0.3, 0.4) is 0 Å². The van der Waals surface area contributed by atoms with Crippen LogP contribution in [0.1, 0.15) is 5.56 Å². The van der Waals surface area contributed by atoms with E-state index in [1.165, 1.54) is 23.1 Å². The Bertz CT molecular complexity index is 799. The van der Waals surface area contributed by atoms with Crippen molar-refractivity contribution in [2.75, 3.05) is 30.8 Å². The second-order valence-corrected chi connectivity index (χ2v) is 5.47. The van der Waals surface area contributed by atoms with E-state index in [-0.39, 0.29) is 24.9 Å². The molecule has 2 aromatic rings. The quantitative estimate of drug-likeness (QED) is 0.844. The standard InChI is InChI=1S/C18H17FN4O2/c1-23(12-18(25)22-16-4-2-3-14(19)9-16)11-17(24)21-15-7-5-13(10-20)6-8-15/h2-9H,11-12H2,1H3,(H,21,24)(H,22,25). The summed E-state index contributed by atoms with van der Waals surface area (Å²) in [6.45, 7) is -0.00608. The first-order chi connectivity index (χ1) is 12.0. The van der Waals surface area contributed by atoms with Gasteiger partial charge in [-0.25, -0.2) is 4.39 Å². The maximum atomic E-state index is 13.1. The highest BCUT2D eigenvalue weighted by Crippen LogP contribution is 2.10. The minimum absolute atomic E-state index is 0.0105. The van der Waals surface area contributed by atoms with Crippen LogP contribution in [0, 0.1) is 17.1 Å². The minimum Gasteiger partial charge on any atom is -0.325 e. The maximum absolute atomic E-state index is 13.1. The van der Waals surface area contributed by atoms with Gasteiger partial charge in [-0.15, -0.1) is 0 Å². The average molecular weight is 340 g/mol. The van der Waals surface area contributed by atoms with E-state index < -0.39 is 5.82 Å². The number of hydrogen-bond acceptors (Lipinski definition) is 4. The molecule has 2 rings (SSSR count). The zero-order valence-electron chi connectivity index (χ0n) is 13.6. The van der Waals surface area contributed by atoms with Gasteiger partial charge in [-0.2, -0.15) is 5.26 Å². The molecular formula is C18H17FN4O2. The van der Waals surface area contributed by atoms with Crippen molar-refractivity contribution in [3.8, 4) is 6.07 Å². The molecule has 0 saturated heterocycles. The Labute approximate surface area is 144 Å². The summed E-state index contributed by atoms with van der Waals surface area (Å²) in [4.78, 5) is 25.4. The Morgan fingerprint density at radius 2 is 1.64 bits per heavy atom. The number of carbonyl (C=O) groups is 2. The topological polar surface area (TPSA) is 85.2 Å². The molecule has 0 saturated carbocycles. The predicted molar refractivity (Wildman–Crippen MR) is 92.3 cm³/mol. The van der Waals surface area contributed by atoms with Crippen LogP contribution >= 0.6 is 0 Å².